The number of rotatable bonds is 1. The van der Waals surface area contributed by atoms with Gasteiger partial charge in [0.05, 0.1) is 12.2 Å². The van der Waals surface area contributed by atoms with E-state index < -0.39 is 23.9 Å². The van der Waals surface area contributed by atoms with Gasteiger partial charge in [0.25, 0.3) is 0 Å². The molecular weight excluding hydrogens is 315 g/mol. The molecule has 0 N–H and O–H groups in total. The fourth-order valence-corrected chi connectivity index (χ4v) is 2.75. The summed E-state index contributed by atoms with van der Waals surface area (Å²) in [6.07, 6.45) is -6.56. The third kappa shape index (κ3) is 3.08. The molecule has 3 rings (SSSR count). The summed E-state index contributed by atoms with van der Waals surface area (Å²) in [7, 11) is 0. The van der Waals surface area contributed by atoms with Crippen LogP contribution in [0.15, 0.2) is 30.3 Å². The SMILES string of the molecule is Cc1cc(F)c(-c2ccc3c(c2)COC(C(F)(F)F)C3)c(F)c1. The molecule has 1 aliphatic rings. The van der Waals surface area contributed by atoms with Crippen LogP contribution in [0.5, 0.6) is 0 Å². The van der Waals surface area contributed by atoms with E-state index in [1.807, 2.05) is 0 Å². The summed E-state index contributed by atoms with van der Waals surface area (Å²) >= 11 is 0. The highest BCUT2D eigenvalue weighted by Crippen LogP contribution is 2.34. The van der Waals surface area contributed by atoms with Gasteiger partial charge in [-0.15, -0.1) is 0 Å². The van der Waals surface area contributed by atoms with Crippen LogP contribution in [-0.2, 0) is 17.8 Å². The molecule has 0 amide bonds. The Balaban J connectivity index is 1.98. The van der Waals surface area contributed by atoms with Gasteiger partial charge in [0.1, 0.15) is 11.6 Å². The van der Waals surface area contributed by atoms with Crippen LogP contribution in [0.3, 0.4) is 0 Å². The Hall–Kier alpha value is -1.95. The molecule has 2 aromatic carbocycles. The molecule has 0 saturated carbocycles. The Morgan fingerprint density at radius 2 is 1.65 bits per heavy atom. The van der Waals surface area contributed by atoms with E-state index in [-0.39, 0.29) is 24.2 Å². The highest BCUT2D eigenvalue weighted by atomic mass is 19.4. The number of alkyl halides is 3. The molecule has 0 fully saturated rings. The van der Waals surface area contributed by atoms with Gasteiger partial charge in [0, 0.05) is 6.42 Å². The number of aryl methyl sites for hydroxylation is 1. The molecule has 1 nitrogen and oxygen atoms in total. The molecule has 0 saturated heterocycles. The predicted octanol–water partition coefficient (Wildman–Crippen LogP) is 4.94. The predicted molar refractivity (Wildman–Crippen MR) is 74.9 cm³/mol. The maximum atomic E-state index is 14.0. The first-order valence-electron chi connectivity index (χ1n) is 7.02. The highest BCUT2D eigenvalue weighted by Gasteiger charge is 2.42. The molecule has 1 heterocycles. The van der Waals surface area contributed by atoms with Crippen LogP contribution in [-0.4, -0.2) is 12.3 Å². The van der Waals surface area contributed by atoms with Crippen molar-refractivity contribution in [2.75, 3.05) is 0 Å². The second-order valence-electron chi connectivity index (χ2n) is 5.63. The van der Waals surface area contributed by atoms with Crippen molar-refractivity contribution in [1.82, 2.24) is 0 Å². The quantitative estimate of drug-likeness (QED) is 0.674. The fraction of sp³-hybridized carbons (Fsp3) is 0.294. The van der Waals surface area contributed by atoms with Crippen molar-refractivity contribution in [2.24, 2.45) is 0 Å². The first-order chi connectivity index (χ1) is 10.8. The minimum absolute atomic E-state index is 0.184. The van der Waals surface area contributed by atoms with Crippen molar-refractivity contribution in [1.29, 1.82) is 0 Å². The minimum Gasteiger partial charge on any atom is -0.364 e. The second kappa shape index (κ2) is 5.60. The van der Waals surface area contributed by atoms with Gasteiger partial charge < -0.3 is 4.74 Å². The molecule has 0 radical (unpaired) electrons. The maximum Gasteiger partial charge on any atom is 0.414 e. The average Bonchev–Trinajstić information content (AvgIpc) is 2.44. The largest absolute Gasteiger partial charge is 0.414 e. The number of hydrogen-bond donors (Lipinski definition) is 0. The van der Waals surface area contributed by atoms with Gasteiger partial charge in [-0.3, -0.25) is 0 Å². The molecule has 0 spiro atoms. The van der Waals surface area contributed by atoms with Crippen LogP contribution in [0.4, 0.5) is 22.0 Å². The smallest absolute Gasteiger partial charge is 0.364 e. The zero-order valence-electron chi connectivity index (χ0n) is 12.2. The summed E-state index contributed by atoms with van der Waals surface area (Å²) in [5.74, 6) is -1.40. The molecule has 1 unspecified atom stereocenters. The van der Waals surface area contributed by atoms with Gasteiger partial charge in [0.2, 0.25) is 0 Å². The number of benzene rings is 2. The van der Waals surface area contributed by atoms with E-state index in [1.54, 1.807) is 6.92 Å². The van der Waals surface area contributed by atoms with Gasteiger partial charge in [-0.25, -0.2) is 8.78 Å². The molecule has 1 aliphatic heterocycles. The first-order valence-corrected chi connectivity index (χ1v) is 7.02. The van der Waals surface area contributed by atoms with E-state index in [0.717, 1.165) is 0 Å². The molecule has 0 aromatic heterocycles. The topological polar surface area (TPSA) is 9.23 Å². The second-order valence-corrected chi connectivity index (χ2v) is 5.63. The number of halogens is 5. The van der Waals surface area contributed by atoms with E-state index in [2.05, 4.69) is 0 Å². The summed E-state index contributed by atoms with van der Waals surface area (Å²) in [6.45, 7) is 1.34. The van der Waals surface area contributed by atoms with Crippen molar-refractivity contribution in [3.63, 3.8) is 0 Å². The molecular formula is C17H13F5O. The highest BCUT2D eigenvalue weighted by molar-refractivity contribution is 5.67. The van der Waals surface area contributed by atoms with Crippen molar-refractivity contribution >= 4 is 0 Å². The normalized spacial score (nSPS) is 17.9. The van der Waals surface area contributed by atoms with Crippen LogP contribution in [0.1, 0.15) is 16.7 Å². The van der Waals surface area contributed by atoms with E-state index in [4.69, 9.17) is 4.74 Å². The van der Waals surface area contributed by atoms with Crippen LogP contribution in [0, 0.1) is 18.6 Å². The van der Waals surface area contributed by atoms with Gasteiger partial charge in [-0.1, -0.05) is 12.1 Å². The molecule has 23 heavy (non-hydrogen) atoms. The molecule has 0 aliphatic carbocycles. The minimum atomic E-state index is -4.43. The van der Waals surface area contributed by atoms with Gasteiger partial charge in [-0.2, -0.15) is 13.2 Å². The van der Waals surface area contributed by atoms with E-state index in [0.29, 0.717) is 16.7 Å². The van der Waals surface area contributed by atoms with Gasteiger partial charge in [-0.05, 0) is 47.4 Å². The lowest BCUT2D eigenvalue weighted by Gasteiger charge is -2.27. The third-order valence-corrected chi connectivity index (χ3v) is 3.89. The van der Waals surface area contributed by atoms with Gasteiger partial charge in [0.15, 0.2) is 6.10 Å². The Morgan fingerprint density at radius 1 is 1.00 bits per heavy atom. The summed E-state index contributed by atoms with van der Waals surface area (Å²) < 4.78 is 71.0. The van der Waals surface area contributed by atoms with Crippen molar-refractivity contribution < 1.29 is 26.7 Å². The van der Waals surface area contributed by atoms with Crippen LogP contribution in [0.25, 0.3) is 11.1 Å². The Morgan fingerprint density at radius 3 is 2.26 bits per heavy atom. The Bertz CT molecular complexity index is 728. The Labute approximate surface area is 129 Å². The van der Waals surface area contributed by atoms with Crippen molar-refractivity contribution in [3.05, 3.63) is 58.7 Å². The molecule has 2 aromatic rings. The molecule has 6 heteroatoms. The standard InChI is InChI=1S/C17H13F5O/c1-9-4-13(18)16(14(19)5-9)11-3-2-10-7-15(17(20,21)22)23-8-12(10)6-11/h2-6,15H,7-8H2,1H3. The lowest BCUT2D eigenvalue weighted by Crippen LogP contribution is -2.36. The van der Waals surface area contributed by atoms with E-state index in [9.17, 15) is 22.0 Å². The summed E-state index contributed by atoms with van der Waals surface area (Å²) in [4.78, 5) is 0. The van der Waals surface area contributed by atoms with Crippen molar-refractivity contribution in [2.45, 2.75) is 32.2 Å². The molecule has 0 bridgehead atoms. The zero-order valence-corrected chi connectivity index (χ0v) is 12.2. The number of fused-ring (bicyclic) bond motifs is 1. The first kappa shape index (κ1) is 15.9. The number of ether oxygens (including phenoxy) is 1. The summed E-state index contributed by atoms with van der Waals surface area (Å²) in [6, 6.07) is 6.83. The lowest BCUT2D eigenvalue weighted by atomic mass is 9.93. The average molecular weight is 328 g/mol. The summed E-state index contributed by atoms with van der Waals surface area (Å²) in [5.41, 5.74) is 1.56. The molecule has 1 atom stereocenters. The monoisotopic (exact) mass is 328 g/mol. The van der Waals surface area contributed by atoms with E-state index >= 15 is 0 Å². The number of hydrogen-bond acceptors (Lipinski definition) is 1. The van der Waals surface area contributed by atoms with Crippen LogP contribution >= 0.6 is 0 Å². The zero-order chi connectivity index (χ0) is 16.8. The fourth-order valence-electron chi connectivity index (χ4n) is 2.75. The van der Waals surface area contributed by atoms with Crippen LogP contribution in [0.2, 0.25) is 0 Å². The molecule has 122 valence electrons. The van der Waals surface area contributed by atoms with E-state index in [1.165, 1.54) is 30.3 Å². The summed E-state index contributed by atoms with van der Waals surface area (Å²) in [5, 5.41) is 0. The lowest BCUT2D eigenvalue weighted by molar-refractivity contribution is -0.226. The maximum absolute atomic E-state index is 14.0. The van der Waals surface area contributed by atoms with Crippen molar-refractivity contribution in [3.8, 4) is 11.1 Å². The van der Waals surface area contributed by atoms with Crippen LogP contribution < -0.4 is 0 Å². The van der Waals surface area contributed by atoms with Gasteiger partial charge >= 0.3 is 6.18 Å². The third-order valence-electron chi connectivity index (χ3n) is 3.89. The Kier molecular flexibility index (Phi) is 3.88.